The normalized spacial score (nSPS) is 21.0. The molecule has 0 bridgehead atoms. The van der Waals surface area contributed by atoms with Crippen LogP contribution in [0, 0.1) is 12.8 Å². The second-order valence-corrected chi connectivity index (χ2v) is 9.08. The van der Waals surface area contributed by atoms with Crippen LogP contribution in [0.2, 0.25) is 0 Å². The topological polar surface area (TPSA) is 72.2 Å². The maximum atomic E-state index is 13.3. The van der Waals surface area contributed by atoms with Crippen molar-refractivity contribution in [3.05, 3.63) is 46.9 Å². The molecule has 0 unspecified atom stereocenters. The fraction of sp³-hybridized carbons (Fsp3) is 0.520. The smallest absolute Gasteiger partial charge is 0.289 e. The molecule has 3 aliphatic rings. The first kappa shape index (κ1) is 21.1. The molecule has 2 saturated heterocycles. The van der Waals surface area contributed by atoms with Gasteiger partial charge in [0.1, 0.15) is 5.76 Å². The lowest BCUT2D eigenvalue weighted by atomic mass is 9.89. The minimum Gasteiger partial charge on any atom is -0.454 e. The van der Waals surface area contributed by atoms with Gasteiger partial charge in [0.05, 0.1) is 6.54 Å². The molecule has 2 fully saturated rings. The number of ether oxygens (including phenoxy) is 2. The van der Waals surface area contributed by atoms with E-state index in [0.29, 0.717) is 35.9 Å². The van der Waals surface area contributed by atoms with Crippen molar-refractivity contribution in [2.75, 3.05) is 33.0 Å². The van der Waals surface area contributed by atoms with Gasteiger partial charge in [-0.05, 0) is 70.0 Å². The number of hydrogen-bond donors (Lipinski definition) is 0. The molecular weight excluding hydrogens is 408 g/mol. The van der Waals surface area contributed by atoms with E-state index in [1.54, 1.807) is 23.1 Å². The number of likely N-dealkylation sites (tertiary alicyclic amines) is 2. The predicted molar refractivity (Wildman–Crippen MR) is 118 cm³/mol. The number of nitrogens with zero attached hydrogens (tertiary/aromatic N) is 2. The van der Waals surface area contributed by atoms with E-state index in [1.165, 1.54) is 19.3 Å². The number of aryl methyl sites for hydroxylation is 1. The number of carbonyl (C=O) groups excluding carboxylic acids is 2. The average molecular weight is 439 g/mol. The van der Waals surface area contributed by atoms with Crippen LogP contribution < -0.4 is 9.47 Å². The summed E-state index contributed by atoms with van der Waals surface area (Å²) in [4.78, 5) is 30.5. The highest BCUT2D eigenvalue weighted by Gasteiger charge is 2.32. The Morgan fingerprint density at radius 3 is 2.66 bits per heavy atom. The van der Waals surface area contributed by atoms with Crippen LogP contribution in [0.3, 0.4) is 0 Å². The number of Topliss-reactive ketones (excluding diaryl/α,β-unsaturated/α-hetero) is 1. The summed E-state index contributed by atoms with van der Waals surface area (Å²) >= 11 is 0. The molecule has 2 aromatic rings. The number of carbonyl (C=O) groups is 2. The maximum absolute atomic E-state index is 13.3. The molecule has 0 aliphatic carbocycles. The Labute approximate surface area is 188 Å². The van der Waals surface area contributed by atoms with Gasteiger partial charge in [-0.3, -0.25) is 14.5 Å². The van der Waals surface area contributed by atoms with Crippen molar-refractivity contribution < 1.29 is 23.5 Å². The zero-order valence-corrected chi connectivity index (χ0v) is 18.6. The molecule has 0 N–H and O–H groups in total. The fourth-order valence-corrected chi connectivity index (χ4v) is 4.98. The van der Waals surface area contributed by atoms with Gasteiger partial charge in [-0.2, -0.15) is 0 Å². The monoisotopic (exact) mass is 438 g/mol. The molecule has 4 heterocycles. The highest BCUT2D eigenvalue weighted by Crippen LogP contribution is 2.34. The summed E-state index contributed by atoms with van der Waals surface area (Å²) in [6.45, 7) is 6.08. The van der Waals surface area contributed by atoms with Crippen LogP contribution in [0.25, 0.3) is 0 Å². The summed E-state index contributed by atoms with van der Waals surface area (Å²) in [6, 6.07) is 7.29. The zero-order valence-electron chi connectivity index (χ0n) is 18.6. The Hall–Kier alpha value is -2.80. The van der Waals surface area contributed by atoms with Crippen LogP contribution >= 0.6 is 0 Å². The molecule has 32 heavy (non-hydrogen) atoms. The first-order chi connectivity index (χ1) is 15.6. The summed E-state index contributed by atoms with van der Waals surface area (Å²) in [5.74, 6) is 2.23. The Kier molecular flexibility index (Phi) is 5.91. The SMILES string of the molecule is Cc1cc(CN2CCCCC2)oc1C(=O)N1CCC[C@H](C(=O)c2ccc3c(c2)OCO3)C1. The molecular formula is C25H30N2O5. The van der Waals surface area contributed by atoms with Gasteiger partial charge in [0.15, 0.2) is 23.0 Å². The molecule has 7 nitrogen and oxygen atoms in total. The van der Waals surface area contributed by atoms with Gasteiger partial charge in [0.25, 0.3) is 5.91 Å². The molecule has 1 amide bonds. The van der Waals surface area contributed by atoms with Crippen molar-refractivity contribution in [3.8, 4) is 11.5 Å². The van der Waals surface area contributed by atoms with Gasteiger partial charge in [0, 0.05) is 30.1 Å². The lowest BCUT2D eigenvalue weighted by Crippen LogP contribution is -2.42. The van der Waals surface area contributed by atoms with Crippen LogP contribution in [0.4, 0.5) is 0 Å². The minimum atomic E-state index is -0.226. The molecule has 5 rings (SSSR count). The van der Waals surface area contributed by atoms with Crippen molar-refractivity contribution in [2.45, 2.75) is 45.6 Å². The van der Waals surface area contributed by atoms with E-state index in [0.717, 1.165) is 43.8 Å². The number of piperidine rings is 2. The van der Waals surface area contributed by atoms with Gasteiger partial charge in [0.2, 0.25) is 6.79 Å². The first-order valence-corrected chi connectivity index (χ1v) is 11.6. The van der Waals surface area contributed by atoms with E-state index >= 15 is 0 Å². The molecule has 0 saturated carbocycles. The van der Waals surface area contributed by atoms with Crippen molar-refractivity contribution >= 4 is 11.7 Å². The van der Waals surface area contributed by atoms with E-state index in [4.69, 9.17) is 13.9 Å². The maximum Gasteiger partial charge on any atom is 0.289 e. The van der Waals surface area contributed by atoms with Gasteiger partial charge in [-0.15, -0.1) is 0 Å². The van der Waals surface area contributed by atoms with E-state index in [-0.39, 0.29) is 24.4 Å². The standard InChI is InChI=1S/C25H30N2O5/c1-17-12-20(15-26-9-3-2-4-10-26)32-24(17)25(29)27-11-5-6-19(14-27)23(28)18-7-8-21-22(13-18)31-16-30-21/h7-8,12-13,19H,2-6,9-11,14-16H2,1H3/t19-/m0/s1. The van der Waals surface area contributed by atoms with E-state index < -0.39 is 0 Å². The highest BCUT2D eigenvalue weighted by molar-refractivity contribution is 5.99. The van der Waals surface area contributed by atoms with E-state index in [1.807, 2.05) is 13.0 Å². The number of ketones is 1. The van der Waals surface area contributed by atoms with Crippen LogP contribution in [-0.4, -0.2) is 54.5 Å². The second kappa shape index (κ2) is 8.98. The van der Waals surface area contributed by atoms with Gasteiger partial charge in [-0.25, -0.2) is 0 Å². The number of benzene rings is 1. The van der Waals surface area contributed by atoms with Crippen LogP contribution in [0.1, 0.15) is 64.3 Å². The van der Waals surface area contributed by atoms with Crippen molar-refractivity contribution in [3.63, 3.8) is 0 Å². The van der Waals surface area contributed by atoms with Gasteiger partial charge in [-0.1, -0.05) is 6.42 Å². The van der Waals surface area contributed by atoms with Crippen LogP contribution in [-0.2, 0) is 6.54 Å². The minimum absolute atomic E-state index is 0.0442. The Balaban J connectivity index is 1.26. The molecule has 0 spiro atoms. The largest absolute Gasteiger partial charge is 0.454 e. The molecule has 170 valence electrons. The summed E-state index contributed by atoms with van der Waals surface area (Å²) in [5.41, 5.74) is 1.47. The Morgan fingerprint density at radius 2 is 1.81 bits per heavy atom. The quantitative estimate of drug-likeness (QED) is 0.656. The van der Waals surface area contributed by atoms with Crippen molar-refractivity contribution in [2.24, 2.45) is 5.92 Å². The highest BCUT2D eigenvalue weighted by atomic mass is 16.7. The van der Waals surface area contributed by atoms with Crippen LogP contribution in [0.15, 0.2) is 28.7 Å². The Morgan fingerprint density at radius 1 is 1.00 bits per heavy atom. The zero-order chi connectivity index (χ0) is 22.1. The third-order valence-corrected chi connectivity index (χ3v) is 6.73. The summed E-state index contributed by atoms with van der Waals surface area (Å²) in [5, 5.41) is 0. The summed E-state index contributed by atoms with van der Waals surface area (Å²) in [6.07, 6.45) is 5.30. The lowest BCUT2D eigenvalue weighted by molar-refractivity contribution is 0.0606. The van der Waals surface area contributed by atoms with E-state index in [2.05, 4.69) is 4.90 Å². The molecule has 1 aromatic heterocycles. The average Bonchev–Trinajstić information content (AvgIpc) is 3.44. The molecule has 1 aromatic carbocycles. The van der Waals surface area contributed by atoms with Gasteiger partial charge < -0.3 is 18.8 Å². The van der Waals surface area contributed by atoms with E-state index in [9.17, 15) is 9.59 Å². The number of amides is 1. The van der Waals surface area contributed by atoms with Gasteiger partial charge >= 0.3 is 0 Å². The summed E-state index contributed by atoms with van der Waals surface area (Å²) in [7, 11) is 0. The lowest BCUT2D eigenvalue weighted by Gasteiger charge is -2.31. The first-order valence-electron chi connectivity index (χ1n) is 11.6. The second-order valence-electron chi connectivity index (χ2n) is 9.08. The number of hydrogen-bond acceptors (Lipinski definition) is 6. The predicted octanol–water partition coefficient (Wildman–Crippen LogP) is 4.04. The number of furan rings is 1. The number of fused-ring (bicyclic) bond motifs is 1. The molecule has 7 heteroatoms. The van der Waals surface area contributed by atoms with Crippen molar-refractivity contribution in [1.29, 1.82) is 0 Å². The van der Waals surface area contributed by atoms with Crippen LogP contribution in [0.5, 0.6) is 11.5 Å². The molecule has 3 aliphatic heterocycles. The van der Waals surface area contributed by atoms with Crippen molar-refractivity contribution in [1.82, 2.24) is 9.80 Å². The third kappa shape index (κ3) is 4.26. The fourth-order valence-electron chi connectivity index (χ4n) is 4.98. The third-order valence-electron chi connectivity index (χ3n) is 6.73. The summed E-state index contributed by atoms with van der Waals surface area (Å²) < 4.78 is 16.8. The molecule has 0 radical (unpaired) electrons. The number of rotatable bonds is 5. The molecule has 1 atom stereocenters. The Bertz CT molecular complexity index is 1010.